The Morgan fingerprint density at radius 2 is 2.05 bits per heavy atom. The smallest absolute Gasteiger partial charge is 0.197 e. The van der Waals surface area contributed by atoms with Gasteiger partial charge in [0.15, 0.2) is 16.6 Å². The van der Waals surface area contributed by atoms with Crippen LogP contribution < -0.4 is 15.8 Å². The maximum absolute atomic E-state index is 5.74. The molecule has 1 aromatic carbocycles. The van der Waals surface area contributed by atoms with Crippen molar-refractivity contribution < 1.29 is 4.74 Å². The topological polar surface area (TPSA) is 60.2 Å². The second kappa shape index (κ2) is 5.93. The number of methoxy groups -OCH3 is 1. The lowest BCUT2D eigenvalue weighted by molar-refractivity contribution is 0.419. The van der Waals surface area contributed by atoms with E-state index in [4.69, 9.17) is 10.5 Å². The highest BCUT2D eigenvalue weighted by atomic mass is 32.1. The van der Waals surface area contributed by atoms with Gasteiger partial charge in [-0.05, 0) is 36.0 Å². The van der Waals surface area contributed by atoms with Gasteiger partial charge in [-0.15, -0.1) is 0 Å². The van der Waals surface area contributed by atoms with Crippen LogP contribution in [0.2, 0.25) is 0 Å². The first-order chi connectivity index (χ1) is 9.15. The maximum atomic E-state index is 5.74. The Kier molecular flexibility index (Phi) is 4.27. The molecule has 2 rings (SSSR count). The molecule has 2 aromatic rings. The number of benzene rings is 1. The molecule has 102 valence electrons. The molecule has 0 aliphatic rings. The molecule has 0 spiro atoms. The number of ether oxygens (including phenoxy) is 1. The maximum Gasteiger partial charge on any atom is 0.197 e. The first-order valence-electron chi connectivity index (χ1n) is 6.30. The molecule has 3 N–H and O–H groups in total. The zero-order valence-corrected chi connectivity index (χ0v) is 12.3. The molecule has 5 heteroatoms. The third-order valence-electron chi connectivity index (χ3n) is 3.11. The van der Waals surface area contributed by atoms with E-state index in [9.17, 15) is 0 Å². The Balaban J connectivity index is 2.13. The minimum Gasteiger partial charge on any atom is -0.490 e. The first kappa shape index (κ1) is 13.7. The zero-order chi connectivity index (χ0) is 13.8. The molecule has 0 aliphatic heterocycles. The van der Waals surface area contributed by atoms with Crippen molar-refractivity contribution in [3.05, 3.63) is 35.4 Å². The number of nitrogens with one attached hydrogen (secondary N) is 1. The van der Waals surface area contributed by atoms with Gasteiger partial charge in [0.25, 0.3) is 0 Å². The zero-order valence-electron chi connectivity index (χ0n) is 11.4. The van der Waals surface area contributed by atoms with Gasteiger partial charge >= 0.3 is 0 Å². The van der Waals surface area contributed by atoms with Crippen molar-refractivity contribution >= 4 is 22.4 Å². The summed E-state index contributed by atoms with van der Waals surface area (Å²) in [5.41, 5.74) is 8.31. The summed E-state index contributed by atoms with van der Waals surface area (Å²) in [5, 5.41) is 4.25. The summed E-state index contributed by atoms with van der Waals surface area (Å²) in [4.78, 5) is 0. The van der Waals surface area contributed by atoms with Gasteiger partial charge in [0.2, 0.25) is 0 Å². The highest BCUT2D eigenvalue weighted by molar-refractivity contribution is 7.11. The number of hydrogen-bond donors (Lipinski definition) is 2. The fourth-order valence-electron chi connectivity index (χ4n) is 1.91. The minimum absolute atomic E-state index is 0.180. The molecule has 0 bridgehead atoms. The van der Waals surface area contributed by atoms with Crippen LogP contribution in [0, 0.1) is 0 Å². The van der Waals surface area contributed by atoms with Crippen molar-refractivity contribution in [1.29, 1.82) is 0 Å². The number of anilines is 2. The van der Waals surface area contributed by atoms with Crippen LogP contribution in [0.3, 0.4) is 0 Å². The summed E-state index contributed by atoms with van der Waals surface area (Å²) in [5.74, 6) is 1.06. The molecular weight excluding hydrogens is 258 g/mol. The molecule has 0 saturated heterocycles. The number of rotatable bonds is 5. The van der Waals surface area contributed by atoms with Gasteiger partial charge in [-0.1, -0.05) is 31.2 Å². The SMILES string of the molecule is CCc1ccc(C(C)Nc2snc(N)c2OC)cc1. The largest absolute Gasteiger partial charge is 0.490 e. The Labute approximate surface area is 117 Å². The summed E-state index contributed by atoms with van der Waals surface area (Å²) in [6.07, 6.45) is 1.06. The van der Waals surface area contributed by atoms with Crippen LogP contribution in [0.15, 0.2) is 24.3 Å². The monoisotopic (exact) mass is 277 g/mol. The second-order valence-corrected chi connectivity index (χ2v) is 5.16. The van der Waals surface area contributed by atoms with Crippen LogP contribution >= 0.6 is 11.5 Å². The molecule has 0 aliphatic carbocycles. The van der Waals surface area contributed by atoms with Crippen molar-refractivity contribution in [3.8, 4) is 5.75 Å². The first-order valence-corrected chi connectivity index (χ1v) is 7.07. The molecule has 0 fully saturated rings. The summed E-state index contributed by atoms with van der Waals surface area (Å²) < 4.78 is 9.34. The number of nitrogens with zero attached hydrogens (tertiary/aromatic N) is 1. The van der Waals surface area contributed by atoms with E-state index in [-0.39, 0.29) is 6.04 Å². The Morgan fingerprint density at radius 1 is 1.37 bits per heavy atom. The lowest BCUT2D eigenvalue weighted by Crippen LogP contribution is -2.06. The van der Waals surface area contributed by atoms with E-state index in [1.165, 1.54) is 22.7 Å². The fourth-order valence-corrected chi connectivity index (χ4v) is 2.68. The third kappa shape index (κ3) is 2.98. The van der Waals surface area contributed by atoms with E-state index in [1.807, 2.05) is 0 Å². The van der Waals surface area contributed by atoms with Crippen LogP contribution in [-0.2, 0) is 6.42 Å². The van der Waals surface area contributed by atoms with Crippen LogP contribution in [0.5, 0.6) is 5.75 Å². The second-order valence-electron chi connectivity index (χ2n) is 4.39. The van der Waals surface area contributed by atoms with Gasteiger partial charge in [-0.25, -0.2) is 0 Å². The quantitative estimate of drug-likeness (QED) is 0.878. The van der Waals surface area contributed by atoms with Gasteiger partial charge in [0.05, 0.1) is 7.11 Å². The third-order valence-corrected chi connectivity index (χ3v) is 3.89. The van der Waals surface area contributed by atoms with Crippen LogP contribution in [0.1, 0.15) is 31.0 Å². The lowest BCUT2D eigenvalue weighted by Gasteiger charge is -2.15. The van der Waals surface area contributed by atoms with E-state index >= 15 is 0 Å². The predicted octanol–water partition coefficient (Wildman–Crippen LogP) is 3.47. The van der Waals surface area contributed by atoms with Crippen molar-refractivity contribution in [2.24, 2.45) is 0 Å². The number of nitrogen functional groups attached to an aromatic ring is 1. The Morgan fingerprint density at radius 3 is 2.63 bits per heavy atom. The van der Waals surface area contributed by atoms with Crippen LogP contribution in [-0.4, -0.2) is 11.5 Å². The minimum atomic E-state index is 0.180. The van der Waals surface area contributed by atoms with Gasteiger partial charge < -0.3 is 15.8 Å². The molecule has 0 amide bonds. The molecule has 4 nitrogen and oxygen atoms in total. The predicted molar refractivity (Wildman–Crippen MR) is 80.9 cm³/mol. The number of aryl methyl sites for hydroxylation is 1. The van der Waals surface area contributed by atoms with Crippen molar-refractivity contribution in [1.82, 2.24) is 4.37 Å². The van der Waals surface area contributed by atoms with Crippen LogP contribution in [0.25, 0.3) is 0 Å². The Bertz CT molecular complexity index is 536. The molecule has 1 aromatic heterocycles. The molecule has 19 heavy (non-hydrogen) atoms. The van der Waals surface area contributed by atoms with E-state index in [1.54, 1.807) is 7.11 Å². The number of aromatic nitrogens is 1. The number of nitrogens with two attached hydrogens (primary N) is 1. The van der Waals surface area contributed by atoms with Gasteiger partial charge in [-0.3, -0.25) is 0 Å². The highest BCUT2D eigenvalue weighted by Crippen LogP contribution is 2.36. The van der Waals surface area contributed by atoms with E-state index in [0.717, 1.165) is 11.4 Å². The van der Waals surface area contributed by atoms with E-state index in [0.29, 0.717) is 11.6 Å². The van der Waals surface area contributed by atoms with Gasteiger partial charge in [0.1, 0.15) is 0 Å². The molecule has 0 saturated carbocycles. The van der Waals surface area contributed by atoms with Gasteiger partial charge in [-0.2, -0.15) is 4.37 Å². The van der Waals surface area contributed by atoms with Crippen molar-refractivity contribution in [2.45, 2.75) is 26.3 Å². The molecule has 1 unspecified atom stereocenters. The lowest BCUT2D eigenvalue weighted by atomic mass is 10.1. The van der Waals surface area contributed by atoms with E-state index < -0.39 is 0 Å². The summed E-state index contributed by atoms with van der Waals surface area (Å²) in [6.45, 7) is 4.26. The van der Waals surface area contributed by atoms with Crippen molar-refractivity contribution in [2.75, 3.05) is 18.2 Å². The summed E-state index contributed by atoms with van der Waals surface area (Å²) >= 11 is 1.32. The standard InChI is InChI=1S/C14H19N3OS/c1-4-10-5-7-11(8-6-10)9(2)16-14-12(18-3)13(15)17-19-14/h5-9,16H,4H2,1-3H3,(H2,15,17). The van der Waals surface area contributed by atoms with E-state index in [2.05, 4.69) is 47.8 Å². The average molecular weight is 277 g/mol. The normalized spacial score (nSPS) is 12.2. The molecule has 0 radical (unpaired) electrons. The summed E-state index contributed by atoms with van der Waals surface area (Å²) in [6, 6.07) is 8.79. The van der Waals surface area contributed by atoms with Crippen molar-refractivity contribution in [3.63, 3.8) is 0 Å². The van der Waals surface area contributed by atoms with Gasteiger partial charge in [0, 0.05) is 6.04 Å². The average Bonchev–Trinajstić information content (AvgIpc) is 2.79. The molecule has 1 atom stereocenters. The summed E-state index contributed by atoms with van der Waals surface area (Å²) in [7, 11) is 1.60. The molecule has 1 heterocycles. The fraction of sp³-hybridized carbons (Fsp3) is 0.357. The highest BCUT2D eigenvalue weighted by Gasteiger charge is 2.14. The number of hydrogen-bond acceptors (Lipinski definition) is 5. The molecular formula is C14H19N3OS. The van der Waals surface area contributed by atoms with Crippen LogP contribution in [0.4, 0.5) is 10.8 Å². The Hall–Kier alpha value is -1.75.